The monoisotopic (exact) mass is 275 g/mol. The van der Waals surface area contributed by atoms with Crippen LogP contribution in [0.25, 0.3) is 0 Å². The SMILES string of the molecule is COC(=O)C1=C[C@H](Cl)[C@@H](NC(=O)OC(C)(C)C)C1. The van der Waals surface area contributed by atoms with E-state index in [1.807, 2.05) is 0 Å². The fourth-order valence-electron chi connectivity index (χ4n) is 1.60. The molecule has 5 nitrogen and oxygen atoms in total. The smallest absolute Gasteiger partial charge is 0.407 e. The highest BCUT2D eigenvalue weighted by molar-refractivity contribution is 6.23. The van der Waals surface area contributed by atoms with Gasteiger partial charge in [-0.25, -0.2) is 9.59 Å². The molecule has 1 N–H and O–H groups in total. The third-order valence-corrected chi connectivity index (χ3v) is 2.76. The lowest BCUT2D eigenvalue weighted by atomic mass is 10.2. The van der Waals surface area contributed by atoms with Gasteiger partial charge in [0.25, 0.3) is 0 Å². The van der Waals surface area contributed by atoms with Gasteiger partial charge in [0.15, 0.2) is 0 Å². The molecule has 1 aliphatic carbocycles. The highest BCUT2D eigenvalue weighted by Crippen LogP contribution is 2.24. The zero-order valence-electron chi connectivity index (χ0n) is 11.0. The lowest BCUT2D eigenvalue weighted by molar-refractivity contribution is -0.136. The van der Waals surface area contributed by atoms with E-state index in [1.54, 1.807) is 26.8 Å². The molecule has 0 fully saturated rings. The molecular weight excluding hydrogens is 258 g/mol. The van der Waals surface area contributed by atoms with Crippen LogP contribution in [0, 0.1) is 0 Å². The van der Waals surface area contributed by atoms with Crippen molar-refractivity contribution in [3.63, 3.8) is 0 Å². The molecule has 6 heteroatoms. The molecule has 0 saturated carbocycles. The summed E-state index contributed by atoms with van der Waals surface area (Å²) < 4.78 is 9.73. The van der Waals surface area contributed by atoms with E-state index in [0.717, 1.165) is 0 Å². The van der Waals surface area contributed by atoms with Gasteiger partial charge in [0.05, 0.1) is 18.5 Å². The summed E-state index contributed by atoms with van der Waals surface area (Å²) in [5, 5.41) is 2.20. The molecule has 0 aromatic carbocycles. The summed E-state index contributed by atoms with van der Waals surface area (Å²) in [7, 11) is 1.31. The third kappa shape index (κ3) is 4.22. The van der Waals surface area contributed by atoms with Crippen LogP contribution in [-0.4, -0.2) is 36.2 Å². The number of amides is 1. The molecule has 0 bridgehead atoms. The quantitative estimate of drug-likeness (QED) is 0.618. The van der Waals surface area contributed by atoms with Gasteiger partial charge in [0.1, 0.15) is 5.60 Å². The maximum absolute atomic E-state index is 11.6. The van der Waals surface area contributed by atoms with Crippen LogP contribution in [0.5, 0.6) is 0 Å². The Kier molecular flexibility index (Phi) is 4.62. The first kappa shape index (κ1) is 14.8. The Labute approximate surface area is 111 Å². The number of hydrogen-bond donors (Lipinski definition) is 1. The van der Waals surface area contributed by atoms with Crippen molar-refractivity contribution in [2.75, 3.05) is 7.11 Å². The highest BCUT2D eigenvalue weighted by Gasteiger charge is 2.32. The van der Waals surface area contributed by atoms with Gasteiger partial charge >= 0.3 is 12.1 Å². The van der Waals surface area contributed by atoms with E-state index in [2.05, 4.69) is 10.1 Å². The van der Waals surface area contributed by atoms with Gasteiger partial charge in [-0.05, 0) is 20.8 Å². The predicted molar refractivity (Wildman–Crippen MR) is 67.5 cm³/mol. The van der Waals surface area contributed by atoms with Crippen LogP contribution < -0.4 is 5.32 Å². The van der Waals surface area contributed by atoms with Crippen molar-refractivity contribution in [1.29, 1.82) is 0 Å². The van der Waals surface area contributed by atoms with Crippen LogP contribution in [0.4, 0.5) is 4.79 Å². The topological polar surface area (TPSA) is 64.6 Å². The van der Waals surface area contributed by atoms with Gasteiger partial charge in [-0.2, -0.15) is 0 Å². The van der Waals surface area contributed by atoms with E-state index in [-0.39, 0.29) is 6.04 Å². The number of esters is 1. The minimum absolute atomic E-state index is 0.347. The van der Waals surface area contributed by atoms with Crippen molar-refractivity contribution in [3.05, 3.63) is 11.6 Å². The second-order valence-electron chi connectivity index (χ2n) is 5.08. The maximum Gasteiger partial charge on any atom is 0.407 e. The standard InChI is InChI=1S/C12H18ClNO4/c1-12(2,3)18-11(16)14-9-6-7(5-8(9)13)10(15)17-4/h5,8-9H,6H2,1-4H3,(H,14,16)/t8-,9-/m0/s1. The number of nitrogens with one attached hydrogen (secondary N) is 1. The molecule has 0 aromatic rings. The largest absolute Gasteiger partial charge is 0.466 e. The van der Waals surface area contributed by atoms with Gasteiger partial charge in [0.2, 0.25) is 0 Å². The number of alkyl halides is 1. The summed E-state index contributed by atoms with van der Waals surface area (Å²) in [6.45, 7) is 5.33. The Morgan fingerprint density at radius 2 is 2.06 bits per heavy atom. The zero-order chi connectivity index (χ0) is 13.9. The first-order valence-electron chi connectivity index (χ1n) is 5.65. The van der Waals surface area contributed by atoms with Gasteiger partial charge in [-0.3, -0.25) is 0 Å². The average Bonchev–Trinajstić information content (AvgIpc) is 2.56. The van der Waals surface area contributed by atoms with E-state index in [9.17, 15) is 9.59 Å². The lowest BCUT2D eigenvalue weighted by Gasteiger charge is -2.22. The molecule has 0 aromatic heterocycles. The minimum Gasteiger partial charge on any atom is -0.466 e. The second-order valence-corrected chi connectivity index (χ2v) is 5.59. The molecule has 1 amide bonds. The molecule has 0 unspecified atom stereocenters. The van der Waals surface area contributed by atoms with Crippen molar-refractivity contribution in [2.45, 2.75) is 44.2 Å². The average molecular weight is 276 g/mol. The number of rotatable bonds is 2. The van der Waals surface area contributed by atoms with Crippen molar-refractivity contribution in [2.24, 2.45) is 0 Å². The Hall–Kier alpha value is -1.23. The van der Waals surface area contributed by atoms with Crippen LogP contribution in [-0.2, 0) is 14.3 Å². The van der Waals surface area contributed by atoms with E-state index < -0.39 is 23.0 Å². The summed E-state index contributed by atoms with van der Waals surface area (Å²) in [5.74, 6) is -0.422. The van der Waals surface area contributed by atoms with Crippen LogP contribution in [0.15, 0.2) is 11.6 Å². The zero-order valence-corrected chi connectivity index (χ0v) is 11.7. The number of carbonyl (C=O) groups excluding carboxylic acids is 2. The molecular formula is C12H18ClNO4. The Bertz CT molecular complexity index is 373. The molecule has 1 aliphatic rings. The summed E-state index contributed by atoms with van der Waals surface area (Å²) >= 11 is 6.03. The van der Waals surface area contributed by atoms with Gasteiger partial charge < -0.3 is 14.8 Å². The highest BCUT2D eigenvalue weighted by atomic mass is 35.5. The molecule has 2 atom stereocenters. The number of ether oxygens (including phenoxy) is 2. The Balaban J connectivity index is 2.52. The summed E-state index contributed by atoms with van der Waals surface area (Å²) in [5.41, 5.74) is -0.0955. The van der Waals surface area contributed by atoms with Crippen molar-refractivity contribution in [1.82, 2.24) is 5.32 Å². The number of methoxy groups -OCH3 is 1. The fourth-order valence-corrected chi connectivity index (χ4v) is 1.90. The van der Waals surface area contributed by atoms with Gasteiger partial charge in [0, 0.05) is 12.0 Å². The molecule has 0 saturated heterocycles. The second kappa shape index (κ2) is 5.61. The minimum atomic E-state index is -0.566. The van der Waals surface area contributed by atoms with Crippen LogP contribution in [0.1, 0.15) is 27.2 Å². The predicted octanol–water partition coefficient (Wildman–Crippen LogP) is 1.99. The molecule has 18 heavy (non-hydrogen) atoms. The molecule has 0 radical (unpaired) electrons. The first-order chi connectivity index (χ1) is 8.23. The first-order valence-corrected chi connectivity index (χ1v) is 6.09. The number of carbonyl (C=O) groups is 2. The van der Waals surface area contributed by atoms with E-state index >= 15 is 0 Å². The van der Waals surface area contributed by atoms with Gasteiger partial charge in [-0.15, -0.1) is 11.6 Å². The van der Waals surface area contributed by atoms with Gasteiger partial charge in [-0.1, -0.05) is 6.08 Å². The van der Waals surface area contributed by atoms with E-state index in [0.29, 0.717) is 12.0 Å². The van der Waals surface area contributed by atoms with Crippen LogP contribution in [0.3, 0.4) is 0 Å². The molecule has 0 spiro atoms. The molecule has 102 valence electrons. The number of halogens is 1. The van der Waals surface area contributed by atoms with E-state index in [4.69, 9.17) is 16.3 Å². The van der Waals surface area contributed by atoms with E-state index in [1.165, 1.54) is 7.11 Å². The fraction of sp³-hybridized carbons (Fsp3) is 0.667. The van der Waals surface area contributed by atoms with Crippen LogP contribution in [0.2, 0.25) is 0 Å². The molecule has 0 heterocycles. The summed E-state index contributed by atoms with van der Waals surface area (Å²) in [6, 6.07) is -0.351. The van der Waals surface area contributed by atoms with Crippen molar-refractivity contribution < 1.29 is 19.1 Å². The normalized spacial score (nSPS) is 23.3. The Morgan fingerprint density at radius 1 is 1.44 bits per heavy atom. The molecule has 1 rings (SSSR count). The summed E-state index contributed by atoms with van der Waals surface area (Å²) in [4.78, 5) is 22.9. The lowest BCUT2D eigenvalue weighted by Crippen LogP contribution is -2.41. The van der Waals surface area contributed by atoms with Crippen LogP contribution >= 0.6 is 11.6 Å². The number of hydrogen-bond acceptors (Lipinski definition) is 4. The van der Waals surface area contributed by atoms with Crippen molar-refractivity contribution >= 4 is 23.7 Å². The van der Waals surface area contributed by atoms with Crippen molar-refractivity contribution in [3.8, 4) is 0 Å². The summed E-state index contributed by atoms with van der Waals surface area (Å²) in [6.07, 6.45) is 1.40. The molecule has 0 aliphatic heterocycles. The maximum atomic E-state index is 11.6. The third-order valence-electron chi connectivity index (χ3n) is 2.33. The Morgan fingerprint density at radius 3 is 2.56 bits per heavy atom. The number of alkyl carbamates (subject to hydrolysis) is 1.